The Labute approximate surface area is 173 Å². The van der Waals surface area contributed by atoms with Gasteiger partial charge in [0.1, 0.15) is 17.1 Å². The van der Waals surface area contributed by atoms with Gasteiger partial charge in [-0.2, -0.15) is 0 Å². The number of aromatic hydroxyl groups is 1. The molecule has 0 saturated carbocycles. The molecule has 160 valence electrons. The lowest BCUT2D eigenvalue weighted by molar-refractivity contribution is 0.00578. The number of nitrogens with one attached hydrogen (secondary N) is 1. The van der Waals surface area contributed by atoms with Crippen LogP contribution in [0.2, 0.25) is 0 Å². The summed E-state index contributed by atoms with van der Waals surface area (Å²) in [6.07, 6.45) is 1.25. The maximum Gasteiger partial charge on any atom is 0.492 e. The van der Waals surface area contributed by atoms with Crippen LogP contribution in [0.25, 0.3) is 6.08 Å². The van der Waals surface area contributed by atoms with Crippen LogP contribution in [0.3, 0.4) is 0 Å². The molecule has 0 aromatic heterocycles. The zero-order chi connectivity index (χ0) is 22.0. The van der Waals surface area contributed by atoms with Gasteiger partial charge in [-0.25, -0.2) is 4.79 Å². The van der Waals surface area contributed by atoms with E-state index < -0.39 is 30.0 Å². The van der Waals surface area contributed by atoms with Gasteiger partial charge >= 0.3 is 13.2 Å². The van der Waals surface area contributed by atoms with Crippen molar-refractivity contribution in [2.45, 2.75) is 65.3 Å². The molecule has 0 bridgehead atoms. The number of hydrogen-bond donors (Lipinski definition) is 2. The normalized spacial score (nSPS) is 18.5. The summed E-state index contributed by atoms with van der Waals surface area (Å²) in [7, 11) is 0.874. The molecule has 0 spiro atoms. The second kappa shape index (κ2) is 8.28. The molecule has 2 N–H and O–H groups in total. The minimum absolute atomic E-state index is 0.102. The number of ether oxygens (including phenoxy) is 2. The van der Waals surface area contributed by atoms with Gasteiger partial charge in [0.15, 0.2) is 0 Å². The Morgan fingerprint density at radius 3 is 2.31 bits per heavy atom. The predicted molar refractivity (Wildman–Crippen MR) is 113 cm³/mol. The maximum atomic E-state index is 12.2. The third-order valence-corrected chi connectivity index (χ3v) is 4.95. The molecule has 2 rings (SSSR count). The highest BCUT2D eigenvalue weighted by atomic mass is 16.7. The van der Waals surface area contributed by atoms with Crippen molar-refractivity contribution in [2.24, 2.45) is 0 Å². The first-order chi connectivity index (χ1) is 13.2. The lowest BCUT2D eigenvalue weighted by Crippen LogP contribution is -2.41. The number of amides is 1. The molecule has 0 aliphatic carbocycles. The highest BCUT2D eigenvalue weighted by Crippen LogP contribution is 2.39. The third kappa shape index (κ3) is 5.90. The Morgan fingerprint density at radius 2 is 1.79 bits per heavy atom. The Kier molecular flexibility index (Phi) is 6.60. The van der Waals surface area contributed by atoms with E-state index in [1.807, 2.05) is 27.7 Å². The first kappa shape index (κ1) is 23.1. The molecule has 1 aliphatic heterocycles. The fourth-order valence-corrected chi connectivity index (χ4v) is 2.72. The van der Waals surface area contributed by atoms with E-state index in [2.05, 4.69) is 5.32 Å². The average molecular weight is 405 g/mol. The van der Waals surface area contributed by atoms with E-state index in [1.54, 1.807) is 52.2 Å². The van der Waals surface area contributed by atoms with Gasteiger partial charge in [0.2, 0.25) is 0 Å². The molecule has 1 fully saturated rings. The highest BCUT2D eigenvalue weighted by Gasteiger charge is 2.52. The van der Waals surface area contributed by atoms with Crippen molar-refractivity contribution in [1.82, 2.24) is 5.32 Å². The van der Waals surface area contributed by atoms with Gasteiger partial charge in [-0.05, 0) is 72.1 Å². The van der Waals surface area contributed by atoms with E-state index in [9.17, 15) is 9.90 Å². The fourth-order valence-electron chi connectivity index (χ4n) is 2.72. The highest BCUT2D eigenvalue weighted by molar-refractivity contribution is 6.56. The van der Waals surface area contributed by atoms with Gasteiger partial charge in [0, 0.05) is 12.1 Å². The van der Waals surface area contributed by atoms with Gasteiger partial charge < -0.3 is 29.2 Å². The van der Waals surface area contributed by atoms with Crippen LogP contribution in [0.1, 0.15) is 54.0 Å². The van der Waals surface area contributed by atoms with E-state index in [0.29, 0.717) is 16.8 Å². The van der Waals surface area contributed by atoms with E-state index in [4.69, 9.17) is 18.8 Å². The maximum absolute atomic E-state index is 12.2. The van der Waals surface area contributed by atoms with E-state index in [0.717, 1.165) is 0 Å². The molecule has 8 heteroatoms. The molecule has 0 radical (unpaired) electrons. The van der Waals surface area contributed by atoms with Crippen molar-refractivity contribution in [3.05, 3.63) is 29.2 Å². The number of carbonyl (C=O) groups excluding carboxylic acids is 1. The van der Waals surface area contributed by atoms with Gasteiger partial charge in [0.05, 0.1) is 18.3 Å². The van der Waals surface area contributed by atoms with Gasteiger partial charge in [0.25, 0.3) is 0 Å². The van der Waals surface area contributed by atoms with Crippen LogP contribution in [-0.4, -0.2) is 48.8 Å². The van der Waals surface area contributed by atoms with Crippen molar-refractivity contribution in [3.8, 4) is 11.5 Å². The SMILES string of the molecule is COc1ccc(O)cc1C=C(CNC(=O)OC(C)(C)C)B1OC(C)(C)C(C)(C)O1. The molecule has 7 nitrogen and oxygen atoms in total. The average Bonchev–Trinajstić information content (AvgIpc) is 2.77. The summed E-state index contributed by atoms with van der Waals surface area (Å²) >= 11 is 0. The third-order valence-electron chi connectivity index (χ3n) is 4.95. The number of phenolic OH excluding ortho intramolecular Hbond substituents is 1. The Bertz CT molecular complexity index is 766. The Morgan fingerprint density at radius 1 is 1.21 bits per heavy atom. The Hall–Kier alpha value is -2.19. The van der Waals surface area contributed by atoms with Crippen LogP contribution < -0.4 is 10.1 Å². The summed E-state index contributed by atoms with van der Waals surface area (Å²) in [6, 6.07) is 4.80. The molecule has 1 aliphatic rings. The van der Waals surface area contributed by atoms with Crippen molar-refractivity contribution in [2.75, 3.05) is 13.7 Å². The molecule has 1 amide bonds. The van der Waals surface area contributed by atoms with Crippen molar-refractivity contribution in [1.29, 1.82) is 0 Å². The van der Waals surface area contributed by atoms with Crippen LogP contribution in [-0.2, 0) is 14.0 Å². The topological polar surface area (TPSA) is 86.3 Å². The van der Waals surface area contributed by atoms with Crippen molar-refractivity contribution < 1.29 is 28.7 Å². The number of carbonyl (C=O) groups is 1. The van der Waals surface area contributed by atoms with Crippen LogP contribution >= 0.6 is 0 Å². The second-order valence-corrected chi connectivity index (χ2v) is 9.09. The van der Waals surface area contributed by atoms with Gasteiger partial charge in [-0.15, -0.1) is 0 Å². The smallest absolute Gasteiger partial charge is 0.492 e. The molecule has 1 aromatic carbocycles. The molecule has 0 unspecified atom stereocenters. The lowest BCUT2D eigenvalue weighted by atomic mass is 9.77. The number of benzene rings is 1. The molecule has 1 aromatic rings. The van der Waals surface area contributed by atoms with Crippen molar-refractivity contribution in [3.63, 3.8) is 0 Å². The second-order valence-electron chi connectivity index (χ2n) is 9.09. The quantitative estimate of drug-likeness (QED) is 0.722. The number of phenols is 1. The number of methoxy groups -OCH3 is 1. The monoisotopic (exact) mass is 405 g/mol. The molecular formula is C21H32BNO6. The van der Waals surface area contributed by atoms with Crippen LogP contribution in [0, 0.1) is 0 Å². The van der Waals surface area contributed by atoms with Crippen LogP contribution in [0.15, 0.2) is 23.7 Å². The molecule has 1 heterocycles. The van der Waals surface area contributed by atoms with E-state index in [1.165, 1.54) is 0 Å². The van der Waals surface area contributed by atoms with Crippen LogP contribution in [0.5, 0.6) is 11.5 Å². The number of hydrogen-bond acceptors (Lipinski definition) is 6. The first-order valence-corrected chi connectivity index (χ1v) is 9.64. The number of alkyl carbamates (subject to hydrolysis) is 1. The zero-order valence-corrected chi connectivity index (χ0v) is 18.6. The fraction of sp³-hybridized carbons (Fsp3) is 0.571. The summed E-state index contributed by atoms with van der Waals surface area (Å²) < 4.78 is 23.0. The minimum Gasteiger partial charge on any atom is -0.508 e. The summed E-state index contributed by atoms with van der Waals surface area (Å²) in [5.74, 6) is 0.680. The number of rotatable bonds is 5. The minimum atomic E-state index is -0.679. The first-order valence-electron chi connectivity index (χ1n) is 9.64. The Balaban J connectivity index is 2.34. The van der Waals surface area contributed by atoms with Gasteiger partial charge in [-0.1, -0.05) is 6.08 Å². The van der Waals surface area contributed by atoms with Crippen molar-refractivity contribution >= 4 is 19.3 Å². The molecule has 0 atom stereocenters. The summed E-state index contributed by atoms with van der Waals surface area (Å²) in [5.41, 5.74) is -0.370. The molecule has 1 saturated heterocycles. The summed E-state index contributed by atoms with van der Waals surface area (Å²) in [4.78, 5) is 12.2. The molecule has 29 heavy (non-hydrogen) atoms. The summed E-state index contributed by atoms with van der Waals surface area (Å²) in [5, 5.41) is 12.6. The van der Waals surface area contributed by atoms with E-state index >= 15 is 0 Å². The zero-order valence-electron chi connectivity index (χ0n) is 18.6. The summed E-state index contributed by atoms with van der Waals surface area (Å²) in [6.45, 7) is 13.4. The standard InChI is InChI=1S/C21H32BNO6/c1-19(2,3)27-18(25)23-13-15(22-28-20(4,5)21(6,7)29-22)11-14-12-16(24)9-10-17(14)26-8/h9-12,24H,13H2,1-8H3,(H,23,25). The lowest BCUT2D eigenvalue weighted by Gasteiger charge is -2.32. The van der Waals surface area contributed by atoms with Crippen LogP contribution in [0.4, 0.5) is 4.79 Å². The molecular weight excluding hydrogens is 373 g/mol. The van der Waals surface area contributed by atoms with Gasteiger partial charge in [-0.3, -0.25) is 0 Å². The van der Waals surface area contributed by atoms with E-state index in [-0.39, 0.29) is 12.3 Å². The predicted octanol–water partition coefficient (Wildman–Crippen LogP) is 3.94. The largest absolute Gasteiger partial charge is 0.508 e.